The number of alkyl halides is 1. The number of thiazole rings is 1. The highest BCUT2D eigenvalue weighted by atomic mass is 35.5. The number of rotatable bonds is 3. The van der Waals surface area contributed by atoms with E-state index in [0.29, 0.717) is 10.9 Å². The van der Waals surface area contributed by atoms with Gasteiger partial charge in [-0.05, 0) is 19.1 Å². The van der Waals surface area contributed by atoms with Crippen molar-refractivity contribution in [2.75, 3.05) is 0 Å². The van der Waals surface area contributed by atoms with E-state index in [2.05, 4.69) is 21.5 Å². The summed E-state index contributed by atoms with van der Waals surface area (Å²) in [6.45, 7) is 2.08. The lowest BCUT2D eigenvalue weighted by Gasteiger charge is -2.15. The zero-order valence-electron chi connectivity index (χ0n) is 10.2. The van der Waals surface area contributed by atoms with Gasteiger partial charge >= 0.3 is 0 Å². The van der Waals surface area contributed by atoms with Crippen molar-refractivity contribution in [3.8, 4) is 0 Å². The first-order chi connectivity index (χ1) is 9.22. The first kappa shape index (κ1) is 12.9. The van der Waals surface area contributed by atoms with E-state index in [1.807, 2.05) is 23.6 Å². The molecular weight excluding hydrogens is 301 g/mol. The second-order valence-electron chi connectivity index (χ2n) is 4.19. The van der Waals surface area contributed by atoms with Gasteiger partial charge in [-0.1, -0.05) is 17.7 Å². The standard InChI is InChI=1S/C13H11Cl2N3S/c1-8(13-16-5-6-19-13)18-11(7-14)17-10-4-2-3-9(15)12(10)18/h2-6,8H,7H2,1H3. The van der Waals surface area contributed by atoms with Gasteiger partial charge in [-0.3, -0.25) is 0 Å². The van der Waals surface area contributed by atoms with Crippen LogP contribution in [0.2, 0.25) is 5.02 Å². The lowest BCUT2D eigenvalue weighted by molar-refractivity contribution is 0.630. The van der Waals surface area contributed by atoms with Gasteiger partial charge in [-0.25, -0.2) is 9.97 Å². The number of imidazole rings is 1. The van der Waals surface area contributed by atoms with Crippen LogP contribution in [0.15, 0.2) is 29.8 Å². The summed E-state index contributed by atoms with van der Waals surface area (Å²) in [4.78, 5) is 8.91. The molecule has 0 fully saturated rings. The molecule has 0 aliphatic carbocycles. The zero-order chi connectivity index (χ0) is 13.4. The third-order valence-corrected chi connectivity index (χ3v) is 4.54. The molecule has 0 N–H and O–H groups in total. The van der Waals surface area contributed by atoms with Crippen LogP contribution in [-0.4, -0.2) is 14.5 Å². The fraction of sp³-hybridized carbons (Fsp3) is 0.231. The third-order valence-electron chi connectivity index (χ3n) is 3.05. The predicted molar refractivity (Wildman–Crippen MR) is 80.2 cm³/mol. The van der Waals surface area contributed by atoms with Crippen molar-refractivity contribution in [1.82, 2.24) is 14.5 Å². The Hall–Kier alpha value is -1.10. The van der Waals surface area contributed by atoms with Crippen LogP contribution >= 0.6 is 34.5 Å². The SMILES string of the molecule is CC(c1nccs1)n1c(CCl)nc2cccc(Cl)c21. The Morgan fingerprint density at radius 2 is 2.26 bits per heavy atom. The van der Waals surface area contributed by atoms with E-state index < -0.39 is 0 Å². The normalized spacial score (nSPS) is 13.0. The largest absolute Gasteiger partial charge is 0.316 e. The van der Waals surface area contributed by atoms with Crippen molar-refractivity contribution < 1.29 is 0 Å². The quantitative estimate of drug-likeness (QED) is 0.667. The molecular formula is C13H11Cl2N3S. The Labute approximate surface area is 124 Å². The van der Waals surface area contributed by atoms with Gasteiger partial charge in [0, 0.05) is 11.6 Å². The molecule has 3 nitrogen and oxygen atoms in total. The highest BCUT2D eigenvalue weighted by Gasteiger charge is 2.19. The van der Waals surface area contributed by atoms with Crippen molar-refractivity contribution in [2.45, 2.75) is 18.8 Å². The number of halogens is 2. The fourth-order valence-corrected chi connectivity index (χ4v) is 3.35. The van der Waals surface area contributed by atoms with Crippen LogP contribution in [0.1, 0.15) is 23.8 Å². The molecule has 19 heavy (non-hydrogen) atoms. The summed E-state index contributed by atoms with van der Waals surface area (Å²) in [5.74, 6) is 1.16. The van der Waals surface area contributed by atoms with Crippen molar-refractivity contribution in [1.29, 1.82) is 0 Å². The van der Waals surface area contributed by atoms with Crippen molar-refractivity contribution >= 4 is 45.6 Å². The van der Waals surface area contributed by atoms with Crippen LogP contribution in [0.4, 0.5) is 0 Å². The topological polar surface area (TPSA) is 30.7 Å². The first-order valence-electron chi connectivity index (χ1n) is 5.83. The van der Waals surface area contributed by atoms with E-state index in [-0.39, 0.29) is 6.04 Å². The van der Waals surface area contributed by atoms with E-state index in [0.717, 1.165) is 21.9 Å². The number of para-hydroxylation sites is 1. The number of hydrogen-bond donors (Lipinski definition) is 0. The van der Waals surface area contributed by atoms with E-state index in [4.69, 9.17) is 23.2 Å². The molecule has 0 bridgehead atoms. The van der Waals surface area contributed by atoms with E-state index in [1.165, 1.54) is 0 Å². The van der Waals surface area contributed by atoms with Gasteiger partial charge in [-0.15, -0.1) is 22.9 Å². The molecule has 0 saturated heterocycles. The molecule has 0 amide bonds. The number of nitrogens with zero attached hydrogens (tertiary/aromatic N) is 3. The molecule has 0 spiro atoms. The monoisotopic (exact) mass is 311 g/mol. The maximum absolute atomic E-state index is 6.32. The van der Waals surface area contributed by atoms with E-state index in [1.54, 1.807) is 17.5 Å². The van der Waals surface area contributed by atoms with Crippen molar-refractivity contribution in [3.63, 3.8) is 0 Å². The Bertz CT molecular complexity index is 706. The van der Waals surface area contributed by atoms with Gasteiger partial charge in [0.2, 0.25) is 0 Å². The molecule has 1 atom stereocenters. The van der Waals surface area contributed by atoms with Gasteiger partial charge in [-0.2, -0.15) is 0 Å². The van der Waals surface area contributed by atoms with Crippen LogP contribution < -0.4 is 0 Å². The van der Waals surface area contributed by atoms with Gasteiger partial charge in [0.25, 0.3) is 0 Å². The maximum atomic E-state index is 6.32. The highest BCUT2D eigenvalue weighted by Crippen LogP contribution is 2.31. The molecule has 1 unspecified atom stereocenters. The van der Waals surface area contributed by atoms with Crippen molar-refractivity contribution in [3.05, 3.63) is 45.6 Å². The summed E-state index contributed by atoms with van der Waals surface area (Å²) >= 11 is 14.0. The Morgan fingerprint density at radius 3 is 2.95 bits per heavy atom. The minimum absolute atomic E-state index is 0.0682. The third kappa shape index (κ3) is 2.14. The molecule has 6 heteroatoms. The second kappa shape index (κ2) is 5.12. The lowest BCUT2D eigenvalue weighted by atomic mass is 10.3. The molecule has 0 radical (unpaired) electrons. The molecule has 0 aliphatic rings. The molecule has 3 rings (SSSR count). The highest BCUT2D eigenvalue weighted by molar-refractivity contribution is 7.09. The van der Waals surface area contributed by atoms with Crippen LogP contribution in [-0.2, 0) is 5.88 Å². The van der Waals surface area contributed by atoms with Crippen LogP contribution in [0.25, 0.3) is 11.0 Å². The van der Waals surface area contributed by atoms with Crippen molar-refractivity contribution in [2.24, 2.45) is 0 Å². The maximum Gasteiger partial charge on any atom is 0.125 e. The molecule has 3 aromatic rings. The molecule has 2 aromatic heterocycles. The number of aromatic nitrogens is 3. The molecule has 1 aromatic carbocycles. The fourth-order valence-electron chi connectivity index (χ4n) is 2.22. The molecule has 0 aliphatic heterocycles. The summed E-state index contributed by atoms with van der Waals surface area (Å²) in [5.41, 5.74) is 1.79. The average molecular weight is 312 g/mol. The summed E-state index contributed by atoms with van der Waals surface area (Å²) in [5, 5.41) is 3.67. The first-order valence-corrected chi connectivity index (χ1v) is 7.62. The van der Waals surface area contributed by atoms with E-state index in [9.17, 15) is 0 Å². The minimum atomic E-state index is 0.0682. The van der Waals surface area contributed by atoms with Gasteiger partial charge in [0.15, 0.2) is 0 Å². The Balaban J connectivity index is 2.26. The lowest BCUT2D eigenvalue weighted by Crippen LogP contribution is -2.09. The molecule has 0 saturated carbocycles. The average Bonchev–Trinajstić information content (AvgIpc) is 3.05. The van der Waals surface area contributed by atoms with Crippen LogP contribution in [0.3, 0.4) is 0 Å². The second-order valence-corrected chi connectivity index (χ2v) is 5.79. The summed E-state index contributed by atoms with van der Waals surface area (Å²) in [7, 11) is 0. The smallest absolute Gasteiger partial charge is 0.125 e. The zero-order valence-corrected chi connectivity index (χ0v) is 12.5. The van der Waals surface area contributed by atoms with Gasteiger partial charge in [0.05, 0.1) is 28.0 Å². The summed E-state index contributed by atoms with van der Waals surface area (Å²) in [6, 6.07) is 5.78. The van der Waals surface area contributed by atoms with Crippen LogP contribution in [0.5, 0.6) is 0 Å². The van der Waals surface area contributed by atoms with E-state index >= 15 is 0 Å². The van der Waals surface area contributed by atoms with Gasteiger partial charge in [0.1, 0.15) is 10.8 Å². The Morgan fingerprint density at radius 1 is 1.42 bits per heavy atom. The predicted octanol–water partition coefficient (Wildman–Crippen LogP) is 4.49. The molecule has 98 valence electrons. The van der Waals surface area contributed by atoms with Crippen LogP contribution in [0, 0.1) is 0 Å². The Kier molecular flexibility index (Phi) is 3.48. The number of benzene rings is 1. The number of hydrogen-bond acceptors (Lipinski definition) is 3. The summed E-state index contributed by atoms with van der Waals surface area (Å²) in [6.07, 6.45) is 1.80. The van der Waals surface area contributed by atoms with Gasteiger partial charge < -0.3 is 4.57 Å². The minimum Gasteiger partial charge on any atom is -0.316 e. The summed E-state index contributed by atoms with van der Waals surface area (Å²) < 4.78 is 2.07. The number of fused-ring (bicyclic) bond motifs is 1. The molecule has 2 heterocycles.